The number of hydrogen-bond donors (Lipinski definition) is 3. The average Bonchev–Trinajstić information content (AvgIpc) is 0.998. The highest BCUT2D eigenvalue weighted by Gasteiger charge is 2.34. The number of carboxylic acid groups (broad SMARTS) is 1. The zero-order valence-corrected chi connectivity index (χ0v) is 59.6. The number of nitrogens with one attached hydrogen (secondary N) is 1. The van der Waals surface area contributed by atoms with Crippen LogP contribution in [0.1, 0.15) is 179 Å². The summed E-state index contributed by atoms with van der Waals surface area (Å²) in [5, 5.41) is 11.2. The zero-order valence-electron chi connectivity index (χ0n) is 58.6. The number of aliphatic carboxylic acids is 1. The van der Waals surface area contributed by atoms with Crippen molar-refractivity contribution < 1.29 is 52.9 Å². The van der Waals surface area contributed by atoms with Gasteiger partial charge in [0.1, 0.15) is 17.2 Å². The van der Waals surface area contributed by atoms with E-state index in [0.29, 0.717) is 96.4 Å². The normalized spacial score (nSPS) is 16.2. The molecule has 0 unspecified atom stereocenters. The Morgan fingerprint density at radius 3 is 1.27 bits per heavy atom. The highest BCUT2D eigenvalue weighted by molar-refractivity contribution is 7.59. The summed E-state index contributed by atoms with van der Waals surface area (Å²) < 4.78 is 10.7. The van der Waals surface area contributed by atoms with Crippen LogP contribution in [0.15, 0.2) is 85.3 Å². The SMILES string of the molecule is CC(C)[C@H](C)C(=O)N1CCN(C(=O)OC(C)(C)C)CC1.CC(C)[C@H](C)C(=O)O.CC(C)[C@H](N)C(=O)N1CCN(C(=O)OC(C)(C)C)CC1.CC/C=C\C/C=C\C/C=C\C/C=C\C/C=C\CCCC(=O)N1CCN(C(=O)[C@@H](NC(=O)c2cccnc2)C(C)C)CC1.S. The first-order chi connectivity index (χ1) is 42.2. The number of amides is 7. The lowest BCUT2D eigenvalue weighted by Gasteiger charge is -2.37. The first-order valence-corrected chi connectivity index (χ1v) is 32.8. The molecule has 4 N–H and O–H groups in total. The van der Waals surface area contributed by atoms with Gasteiger partial charge in [0.05, 0.1) is 17.5 Å². The largest absolute Gasteiger partial charge is 0.481 e. The van der Waals surface area contributed by atoms with Crippen molar-refractivity contribution in [3.05, 3.63) is 90.9 Å². The summed E-state index contributed by atoms with van der Waals surface area (Å²) in [4.78, 5) is 111. The second-order valence-corrected chi connectivity index (χ2v) is 26.5. The summed E-state index contributed by atoms with van der Waals surface area (Å²) in [5.41, 5.74) is 5.33. The summed E-state index contributed by atoms with van der Waals surface area (Å²) in [6.07, 6.45) is 31.5. The molecule has 0 saturated carbocycles. The van der Waals surface area contributed by atoms with Crippen molar-refractivity contribution in [2.75, 3.05) is 78.5 Å². The number of pyridine rings is 1. The van der Waals surface area contributed by atoms with Gasteiger partial charge in [-0.25, -0.2) is 9.59 Å². The Labute approximate surface area is 554 Å². The number of aromatic nitrogens is 1. The van der Waals surface area contributed by atoms with E-state index in [1.54, 1.807) is 44.9 Å². The quantitative estimate of drug-likeness (QED) is 0.0682. The van der Waals surface area contributed by atoms with E-state index in [1.165, 1.54) is 6.20 Å². The molecule has 1 aromatic heterocycles. The number of hydrogen-bond acceptors (Lipinski definition) is 12. The van der Waals surface area contributed by atoms with Crippen LogP contribution in [-0.4, -0.2) is 189 Å². The third-order valence-corrected chi connectivity index (χ3v) is 15.3. The van der Waals surface area contributed by atoms with Gasteiger partial charge in [-0.15, -0.1) is 0 Å². The third kappa shape index (κ3) is 35.8. The van der Waals surface area contributed by atoms with E-state index in [-0.39, 0.29) is 84.8 Å². The number of ether oxygens (including phenoxy) is 2. The smallest absolute Gasteiger partial charge is 0.410 e. The number of unbranched alkanes of at least 4 members (excludes halogenated alkanes) is 1. The van der Waals surface area contributed by atoms with Crippen molar-refractivity contribution in [1.82, 2.24) is 39.7 Å². The molecule has 3 saturated heterocycles. The Kier molecular flexibility index (Phi) is 41.7. The molecule has 3 fully saturated rings. The molecule has 4 atom stereocenters. The molecule has 0 aliphatic carbocycles. The van der Waals surface area contributed by atoms with Gasteiger partial charge < -0.3 is 55.0 Å². The second kappa shape index (κ2) is 44.9. The summed E-state index contributed by atoms with van der Waals surface area (Å²) in [5.74, 6) is -0.381. The Morgan fingerprint density at radius 2 is 0.923 bits per heavy atom. The van der Waals surface area contributed by atoms with Crippen LogP contribution < -0.4 is 11.1 Å². The van der Waals surface area contributed by atoms with Crippen LogP contribution in [-0.2, 0) is 33.4 Å². The lowest BCUT2D eigenvalue weighted by molar-refractivity contribution is -0.142. The van der Waals surface area contributed by atoms with Crippen molar-refractivity contribution in [2.24, 2.45) is 41.2 Å². The van der Waals surface area contributed by atoms with Crippen LogP contribution in [0.4, 0.5) is 9.59 Å². The van der Waals surface area contributed by atoms with Gasteiger partial charge >= 0.3 is 18.2 Å². The van der Waals surface area contributed by atoms with Crippen LogP contribution in [0.5, 0.6) is 0 Å². The molecular weight excluding hydrogens is 1170 g/mol. The predicted molar refractivity (Wildman–Crippen MR) is 369 cm³/mol. The van der Waals surface area contributed by atoms with Crippen LogP contribution >= 0.6 is 13.5 Å². The summed E-state index contributed by atoms with van der Waals surface area (Å²) in [7, 11) is 0. The Morgan fingerprint density at radius 1 is 0.538 bits per heavy atom. The maximum Gasteiger partial charge on any atom is 0.410 e. The van der Waals surface area contributed by atoms with Crippen molar-refractivity contribution >= 4 is 61.2 Å². The number of nitrogens with zero attached hydrogens (tertiary/aromatic N) is 7. The maximum atomic E-state index is 13.2. The van der Waals surface area contributed by atoms with Crippen molar-refractivity contribution in [3.63, 3.8) is 0 Å². The number of carbonyl (C=O) groups excluding carboxylic acids is 7. The topological polar surface area (TPSA) is 246 Å². The molecule has 21 heteroatoms. The number of carbonyl (C=O) groups is 8. The van der Waals surface area contributed by atoms with E-state index in [0.717, 1.165) is 44.9 Å². The number of allylic oxidation sites excluding steroid dienone is 10. The van der Waals surface area contributed by atoms with E-state index in [9.17, 15) is 38.4 Å². The molecule has 3 aliphatic rings. The maximum absolute atomic E-state index is 13.2. The van der Waals surface area contributed by atoms with Gasteiger partial charge in [-0.2, -0.15) is 13.5 Å². The minimum atomic E-state index is -0.708. The van der Waals surface area contributed by atoms with Gasteiger partial charge in [0.25, 0.3) is 5.91 Å². The highest BCUT2D eigenvalue weighted by Crippen LogP contribution is 2.19. The van der Waals surface area contributed by atoms with Gasteiger partial charge in [0.2, 0.25) is 23.6 Å². The molecule has 0 spiro atoms. The van der Waals surface area contributed by atoms with E-state index in [1.807, 2.05) is 99.8 Å². The predicted octanol–water partition coefficient (Wildman–Crippen LogP) is 11.3. The van der Waals surface area contributed by atoms with Gasteiger partial charge in [-0.3, -0.25) is 33.8 Å². The van der Waals surface area contributed by atoms with Gasteiger partial charge in [-0.1, -0.05) is 137 Å². The van der Waals surface area contributed by atoms with Crippen LogP contribution in [0, 0.1) is 35.5 Å². The minimum Gasteiger partial charge on any atom is -0.481 e. The van der Waals surface area contributed by atoms with Crippen molar-refractivity contribution in [3.8, 4) is 0 Å². The molecular formula is C70H119N9O11S. The van der Waals surface area contributed by atoms with E-state index in [4.69, 9.17) is 20.3 Å². The lowest BCUT2D eigenvalue weighted by Crippen LogP contribution is -2.57. The molecule has 91 heavy (non-hydrogen) atoms. The Balaban J connectivity index is 0.00000137. The molecule has 20 nitrogen and oxygen atoms in total. The van der Waals surface area contributed by atoms with Crippen molar-refractivity contribution in [1.29, 1.82) is 0 Å². The van der Waals surface area contributed by atoms with Crippen LogP contribution in [0.3, 0.4) is 0 Å². The summed E-state index contributed by atoms with van der Waals surface area (Å²) in [6, 6.07) is 2.28. The van der Waals surface area contributed by atoms with E-state index < -0.39 is 29.3 Å². The van der Waals surface area contributed by atoms with E-state index in [2.05, 4.69) is 91.8 Å². The monoisotopic (exact) mass is 1290 g/mol. The fourth-order valence-corrected chi connectivity index (χ4v) is 8.73. The fraction of sp³-hybridized carbons (Fsp3) is 0.671. The van der Waals surface area contributed by atoms with E-state index >= 15 is 0 Å². The first-order valence-electron chi connectivity index (χ1n) is 32.8. The molecule has 0 bridgehead atoms. The molecule has 3 aliphatic heterocycles. The zero-order chi connectivity index (χ0) is 68.1. The molecule has 4 heterocycles. The van der Waals surface area contributed by atoms with Gasteiger partial charge in [-0.05, 0) is 122 Å². The second-order valence-electron chi connectivity index (χ2n) is 26.5. The standard InChI is InChI=1S/C35H50N4O3.C15H28N2O3.C14H27N3O3.C6H12O2.H2S/c1-4-5-6-7-8-9-10-11-12-13-14-15-16-17-18-19-20-23-32(40)38-25-27-39(28-26-38)35(42)33(30(2)3)37-34(41)31-22-21-24-36-29-31;1-11(2)12(3)13(18)16-7-9-17(10-8-16)14(19)20-15(4,5)6;1-10(2)11(15)12(18)16-6-8-17(9-7-16)13(19)20-14(3,4)5;1-4(2)5(3)6(7)8;/h5-6,8-9,11-12,14-15,17-18,21-22,24,29-30,33H,4,7,10,13,16,19-20,23,25-28H2,1-3H3,(H,37,41);11-12H,7-10H2,1-6H3;10-11H,6-9,15H2,1-5H3;4-5H,1-3H3,(H,7,8);1H2/b6-5-,9-8-,12-11-,15-14-,18-17-;;;;/t33-;12-;11-;5-;/m0000./s1. The van der Waals surface area contributed by atoms with Crippen molar-refractivity contribution in [2.45, 2.75) is 192 Å². The van der Waals surface area contributed by atoms with Crippen LogP contribution in [0.25, 0.3) is 0 Å². The molecule has 0 radical (unpaired) electrons. The molecule has 1 aromatic rings. The fourth-order valence-electron chi connectivity index (χ4n) is 8.73. The average molecular weight is 1290 g/mol. The van der Waals surface area contributed by atoms with Gasteiger partial charge in [0, 0.05) is 103 Å². The Bertz CT molecular complexity index is 2390. The lowest BCUT2D eigenvalue weighted by atomic mass is 9.96. The summed E-state index contributed by atoms with van der Waals surface area (Å²) in [6.45, 7) is 38.8. The number of nitrogens with two attached hydrogens (primary N) is 1. The molecule has 0 aromatic carbocycles. The minimum absolute atomic E-state index is 0. The number of carboxylic acids is 1. The Hall–Kier alpha value is -6.48. The van der Waals surface area contributed by atoms with Gasteiger partial charge in [0.15, 0.2) is 0 Å². The highest BCUT2D eigenvalue weighted by atomic mass is 32.1. The van der Waals surface area contributed by atoms with Crippen LogP contribution in [0.2, 0.25) is 0 Å². The number of rotatable bonds is 23. The molecule has 516 valence electrons. The first kappa shape index (κ1) is 84.5. The summed E-state index contributed by atoms with van der Waals surface area (Å²) >= 11 is 0. The number of piperazine rings is 3. The third-order valence-electron chi connectivity index (χ3n) is 15.3. The molecule has 7 amide bonds. The molecule has 4 rings (SSSR count).